The van der Waals surface area contributed by atoms with Crippen molar-refractivity contribution in [3.8, 4) is 0 Å². The van der Waals surface area contributed by atoms with E-state index in [0.717, 1.165) is 30.1 Å². The van der Waals surface area contributed by atoms with E-state index >= 15 is 0 Å². The lowest BCUT2D eigenvalue weighted by Gasteiger charge is -2.41. The third kappa shape index (κ3) is 2.69. The number of rotatable bonds is 3. The minimum Gasteiger partial charge on any atom is -0.325 e. The number of nitrogens with two attached hydrogens (primary N) is 1. The molecule has 2 nitrogen and oxygen atoms in total. The van der Waals surface area contributed by atoms with Crippen molar-refractivity contribution in [1.82, 2.24) is 4.90 Å². The van der Waals surface area contributed by atoms with Gasteiger partial charge in [0.2, 0.25) is 0 Å². The van der Waals surface area contributed by atoms with Crippen LogP contribution in [-0.2, 0) is 6.42 Å². The van der Waals surface area contributed by atoms with Crippen LogP contribution in [0, 0.1) is 0 Å². The Labute approximate surface area is 106 Å². The zero-order valence-corrected chi connectivity index (χ0v) is 10.8. The number of likely N-dealkylation sites (tertiary alicyclic amines) is 1. The van der Waals surface area contributed by atoms with Gasteiger partial charge in [0.1, 0.15) is 0 Å². The Morgan fingerprint density at radius 1 is 1.44 bits per heavy atom. The van der Waals surface area contributed by atoms with Crippen molar-refractivity contribution in [2.45, 2.75) is 25.4 Å². The topological polar surface area (TPSA) is 29.3 Å². The van der Waals surface area contributed by atoms with Gasteiger partial charge in [0.05, 0.1) is 0 Å². The lowest BCUT2D eigenvalue weighted by atomic mass is 10.0. The molecule has 1 aliphatic heterocycles. The van der Waals surface area contributed by atoms with Gasteiger partial charge in [-0.25, -0.2) is 0 Å². The summed E-state index contributed by atoms with van der Waals surface area (Å²) in [6.45, 7) is 4.19. The summed E-state index contributed by atoms with van der Waals surface area (Å²) in [6, 6.07) is 6.52. The average Bonchev–Trinajstić information content (AvgIpc) is 2.17. The van der Waals surface area contributed by atoms with Crippen molar-refractivity contribution < 1.29 is 0 Å². The van der Waals surface area contributed by atoms with Crippen LogP contribution >= 0.6 is 23.2 Å². The fourth-order valence-electron chi connectivity index (χ4n) is 2.04. The van der Waals surface area contributed by atoms with Crippen LogP contribution in [0.3, 0.4) is 0 Å². The van der Waals surface area contributed by atoms with Crippen molar-refractivity contribution in [2.75, 3.05) is 13.1 Å². The molecule has 16 heavy (non-hydrogen) atoms. The normalized spacial score (nSPS) is 19.5. The standard InChI is InChI=1S/C12H16Cl2N2/c1-8(16-6-11(15)7-16)4-9-2-3-10(13)5-12(9)14/h2-3,5,8,11H,4,6-7,15H2,1H3. The molecule has 4 heteroatoms. The van der Waals surface area contributed by atoms with Gasteiger partial charge in [-0.05, 0) is 31.0 Å². The Hall–Kier alpha value is -0.280. The van der Waals surface area contributed by atoms with Crippen LogP contribution < -0.4 is 5.73 Å². The highest BCUT2D eigenvalue weighted by Gasteiger charge is 2.27. The van der Waals surface area contributed by atoms with Crippen LogP contribution in [0.1, 0.15) is 12.5 Å². The first-order valence-electron chi connectivity index (χ1n) is 5.50. The molecule has 0 spiro atoms. The van der Waals surface area contributed by atoms with Crippen molar-refractivity contribution in [3.63, 3.8) is 0 Å². The Balaban J connectivity index is 1.98. The highest BCUT2D eigenvalue weighted by molar-refractivity contribution is 6.35. The van der Waals surface area contributed by atoms with E-state index in [-0.39, 0.29) is 0 Å². The van der Waals surface area contributed by atoms with Crippen molar-refractivity contribution in [1.29, 1.82) is 0 Å². The maximum atomic E-state index is 6.14. The van der Waals surface area contributed by atoms with E-state index in [9.17, 15) is 0 Å². The summed E-state index contributed by atoms with van der Waals surface area (Å²) in [5, 5.41) is 1.44. The van der Waals surface area contributed by atoms with Gasteiger partial charge >= 0.3 is 0 Å². The van der Waals surface area contributed by atoms with Gasteiger partial charge in [0.15, 0.2) is 0 Å². The van der Waals surface area contributed by atoms with Gasteiger partial charge in [-0.3, -0.25) is 4.90 Å². The molecule has 1 atom stereocenters. The fraction of sp³-hybridized carbons (Fsp3) is 0.500. The van der Waals surface area contributed by atoms with Crippen LogP contribution in [0.15, 0.2) is 18.2 Å². The Bertz CT molecular complexity index is 375. The van der Waals surface area contributed by atoms with Gasteiger partial charge in [-0.15, -0.1) is 0 Å². The third-order valence-corrected chi connectivity index (χ3v) is 3.68. The van der Waals surface area contributed by atoms with E-state index in [4.69, 9.17) is 28.9 Å². The first-order chi connectivity index (χ1) is 7.56. The van der Waals surface area contributed by atoms with Crippen LogP contribution in [-0.4, -0.2) is 30.1 Å². The first kappa shape index (κ1) is 12.2. The summed E-state index contributed by atoms with van der Waals surface area (Å²) in [4.78, 5) is 2.37. The SMILES string of the molecule is CC(Cc1ccc(Cl)cc1Cl)N1CC(N)C1. The van der Waals surface area contributed by atoms with Crippen molar-refractivity contribution >= 4 is 23.2 Å². The Kier molecular flexibility index (Phi) is 3.75. The lowest BCUT2D eigenvalue weighted by molar-refractivity contribution is 0.103. The number of hydrogen-bond acceptors (Lipinski definition) is 2. The van der Waals surface area contributed by atoms with E-state index in [2.05, 4.69) is 11.8 Å². The summed E-state index contributed by atoms with van der Waals surface area (Å²) in [6.07, 6.45) is 0.947. The average molecular weight is 259 g/mol. The van der Waals surface area contributed by atoms with Gasteiger partial charge < -0.3 is 5.73 Å². The molecule has 0 aromatic heterocycles. The molecular weight excluding hydrogens is 243 g/mol. The lowest BCUT2D eigenvalue weighted by Crippen LogP contribution is -2.59. The highest BCUT2D eigenvalue weighted by atomic mass is 35.5. The van der Waals surface area contributed by atoms with Crippen LogP contribution in [0.4, 0.5) is 0 Å². The highest BCUT2D eigenvalue weighted by Crippen LogP contribution is 2.24. The number of nitrogens with zero attached hydrogens (tertiary/aromatic N) is 1. The molecule has 2 N–H and O–H groups in total. The molecule has 1 aliphatic rings. The number of halogens is 2. The van der Waals surface area contributed by atoms with Gasteiger partial charge in [-0.1, -0.05) is 29.3 Å². The molecule has 1 fully saturated rings. The molecular formula is C12H16Cl2N2. The molecule has 1 aromatic carbocycles. The van der Waals surface area contributed by atoms with Gasteiger partial charge in [-0.2, -0.15) is 0 Å². The minimum atomic E-state index is 0.350. The summed E-state index contributed by atoms with van der Waals surface area (Å²) >= 11 is 12.0. The summed E-state index contributed by atoms with van der Waals surface area (Å²) in [5.74, 6) is 0. The summed E-state index contributed by atoms with van der Waals surface area (Å²) < 4.78 is 0. The predicted octanol–water partition coefficient (Wildman–Crippen LogP) is 2.57. The molecule has 1 aromatic rings. The second-order valence-corrected chi connectivity index (χ2v) is 5.35. The van der Waals surface area contributed by atoms with Crippen molar-refractivity contribution in [3.05, 3.63) is 33.8 Å². The second-order valence-electron chi connectivity index (χ2n) is 4.50. The smallest absolute Gasteiger partial charge is 0.0453 e. The van der Waals surface area contributed by atoms with Crippen LogP contribution in [0.5, 0.6) is 0 Å². The number of hydrogen-bond donors (Lipinski definition) is 1. The zero-order valence-electron chi connectivity index (χ0n) is 9.29. The molecule has 1 heterocycles. The molecule has 1 saturated heterocycles. The van der Waals surface area contributed by atoms with Gasteiger partial charge in [0.25, 0.3) is 0 Å². The minimum absolute atomic E-state index is 0.350. The molecule has 88 valence electrons. The van der Waals surface area contributed by atoms with Gasteiger partial charge in [0, 0.05) is 35.2 Å². The molecule has 0 amide bonds. The molecule has 0 bridgehead atoms. The Morgan fingerprint density at radius 3 is 2.69 bits per heavy atom. The molecule has 2 rings (SSSR count). The van der Waals surface area contributed by atoms with E-state index in [1.807, 2.05) is 12.1 Å². The molecule has 1 unspecified atom stereocenters. The molecule has 0 radical (unpaired) electrons. The predicted molar refractivity (Wildman–Crippen MR) is 69.2 cm³/mol. The maximum absolute atomic E-state index is 6.14. The molecule has 0 saturated carbocycles. The van der Waals surface area contributed by atoms with E-state index in [0.29, 0.717) is 17.1 Å². The van der Waals surface area contributed by atoms with Crippen LogP contribution in [0.2, 0.25) is 10.0 Å². The monoisotopic (exact) mass is 258 g/mol. The second kappa shape index (κ2) is 4.92. The Morgan fingerprint density at radius 2 is 2.12 bits per heavy atom. The van der Waals surface area contributed by atoms with E-state index in [1.54, 1.807) is 6.07 Å². The van der Waals surface area contributed by atoms with Crippen LogP contribution in [0.25, 0.3) is 0 Å². The van der Waals surface area contributed by atoms with Crippen molar-refractivity contribution in [2.24, 2.45) is 5.73 Å². The maximum Gasteiger partial charge on any atom is 0.0453 e. The largest absolute Gasteiger partial charge is 0.325 e. The summed E-state index contributed by atoms with van der Waals surface area (Å²) in [5.41, 5.74) is 6.92. The van der Waals surface area contributed by atoms with E-state index < -0.39 is 0 Å². The zero-order chi connectivity index (χ0) is 11.7. The molecule has 0 aliphatic carbocycles. The quantitative estimate of drug-likeness (QED) is 0.903. The fourth-order valence-corrected chi connectivity index (χ4v) is 2.53. The van der Waals surface area contributed by atoms with E-state index in [1.165, 1.54) is 0 Å². The first-order valence-corrected chi connectivity index (χ1v) is 6.25. The summed E-state index contributed by atoms with van der Waals surface area (Å²) in [7, 11) is 0. The third-order valence-electron chi connectivity index (χ3n) is 3.09. The number of benzene rings is 1.